The molecule has 62 heavy (non-hydrogen) atoms. The molecule has 0 radical (unpaired) electrons. The number of alkyl halides is 8. The maximum atomic E-state index is 15.5. The highest BCUT2D eigenvalue weighted by Crippen LogP contribution is 2.68. The van der Waals surface area contributed by atoms with Crippen LogP contribution in [0.15, 0.2) is 42.5 Å². The summed E-state index contributed by atoms with van der Waals surface area (Å²) in [5.74, 6) is -3.18. The van der Waals surface area contributed by atoms with Crippen LogP contribution in [0.25, 0.3) is 22.0 Å². The second kappa shape index (κ2) is 16.5. The van der Waals surface area contributed by atoms with Crippen LogP contribution in [0.2, 0.25) is 5.02 Å². The number of carbonyl (C=O) groups excluding carboxylic acids is 1. The Bertz CT molecular complexity index is 2610. The Kier molecular flexibility index (Phi) is 12.1. The number of nitrogens with one attached hydrogen (secondary N) is 1. The van der Waals surface area contributed by atoms with Gasteiger partial charge in [-0.1, -0.05) is 35.5 Å². The van der Waals surface area contributed by atoms with E-state index in [2.05, 4.69) is 27.4 Å². The fourth-order valence-electron chi connectivity index (χ4n) is 7.76. The van der Waals surface area contributed by atoms with Crippen LogP contribution in [0.5, 0.6) is 0 Å². The molecular formula is C41H36ClF10N7OS2. The molecule has 21 heteroatoms. The summed E-state index contributed by atoms with van der Waals surface area (Å²) in [6.07, 6.45) is -6.99. The Labute approximate surface area is 362 Å². The van der Waals surface area contributed by atoms with E-state index in [9.17, 15) is 39.9 Å². The number of fused-ring (bicyclic) bond motifs is 4. The molecule has 330 valence electrons. The standard InChI is InChI=1S/C41H36ClF10N7OS2/c1-6-59(62-5)37-32-28(42)10-9-25(34(32)58(56-37)19-39(45,46)47)24-8-7-23(11-12-38(2,3)61-4)53-33(24)29(15-20-13-21(43)16-22(44)14-20)54-30(60)18-57-36-31(35(55-57)41(50,51)52)26-17-27(26)40(36,48)49/h7-10,13-14,16,26-27,29H,6,15,17-19H2,1-5H3,(H,54,60). The minimum absolute atomic E-state index is 0.0456. The van der Waals surface area contributed by atoms with E-state index in [0.29, 0.717) is 17.3 Å². The molecule has 0 spiro atoms. The lowest BCUT2D eigenvalue weighted by molar-refractivity contribution is -0.143. The van der Waals surface area contributed by atoms with Crippen LogP contribution < -0.4 is 9.62 Å². The van der Waals surface area contributed by atoms with Gasteiger partial charge in [-0.25, -0.2) is 13.8 Å². The van der Waals surface area contributed by atoms with Crippen molar-refractivity contribution < 1.29 is 48.7 Å². The zero-order chi connectivity index (χ0) is 45.3. The molecular weight excluding hydrogens is 896 g/mol. The molecule has 3 heterocycles. The predicted octanol–water partition coefficient (Wildman–Crippen LogP) is 10.7. The zero-order valence-electron chi connectivity index (χ0n) is 33.4. The number of anilines is 1. The van der Waals surface area contributed by atoms with E-state index in [1.165, 1.54) is 48.0 Å². The lowest BCUT2D eigenvalue weighted by atomic mass is 9.93. The van der Waals surface area contributed by atoms with Crippen molar-refractivity contribution in [2.24, 2.45) is 5.92 Å². The zero-order valence-corrected chi connectivity index (χ0v) is 35.8. The molecule has 0 saturated heterocycles. The molecule has 3 atom stereocenters. The van der Waals surface area contributed by atoms with E-state index in [-0.39, 0.29) is 56.2 Å². The van der Waals surface area contributed by atoms with Gasteiger partial charge in [-0.05, 0) is 87.6 Å². The van der Waals surface area contributed by atoms with Gasteiger partial charge in [0.15, 0.2) is 11.5 Å². The number of aromatic nitrogens is 5. The fourth-order valence-corrected chi connectivity index (χ4v) is 8.71. The minimum Gasteiger partial charge on any atom is -0.346 e. The normalized spacial score (nSPS) is 17.4. The SMILES string of the molecule is CCN(SC)c1nn(CC(F)(F)F)c2c(-c3ccc(C#CC(C)(C)SC)nc3C(Cc3cc(F)cc(F)c3)NC(=O)Cn3nc(C(F)(F)F)c4c3C(F)(F)C3CC43)ccc(Cl)c12. The van der Waals surface area contributed by atoms with Crippen molar-refractivity contribution in [1.82, 2.24) is 29.9 Å². The molecule has 3 unspecified atom stereocenters. The average molecular weight is 932 g/mol. The van der Waals surface area contributed by atoms with Gasteiger partial charge in [0.25, 0.3) is 5.92 Å². The van der Waals surface area contributed by atoms with Gasteiger partial charge < -0.3 is 5.32 Å². The molecule has 3 aromatic heterocycles. The van der Waals surface area contributed by atoms with Crippen LogP contribution in [0.1, 0.15) is 73.1 Å². The van der Waals surface area contributed by atoms with Crippen molar-refractivity contribution in [2.75, 3.05) is 23.4 Å². The number of hydrogen-bond donors (Lipinski definition) is 1. The number of carbonyl (C=O) groups is 1. The van der Waals surface area contributed by atoms with E-state index < -0.39 is 94.9 Å². The molecule has 1 N–H and O–H groups in total. The third-order valence-corrected chi connectivity index (χ3v) is 12.9. The van der Waals surface area contributed by atoms with E-state index >= 15 is 8.78 Å². The summed E-state index contributed by atoms with van der Waals surface area (Å²) in [7, 11) is 0. The monoisotopic (exact) mass is 931 g/mol. The summed E-state index contributed by atoms with van der Waals surface area (Å²) in [5.41, 5.74) is -3.19. The van der Waals surface area contributed by atoms with Crippen molar-refractivity contribution in [2.45, 2.75) is 81.7 Å². The number of benzene rings is 2. The first-order valence-electron chi connectivity index (χ1n) is 18.9. The molecule has 2 aromatic carbocycles. The molecule has 5 aromatic rings. The summed E-state index contributed by atoms with van der Waals surface area (Å²) in [6, 6.07) is 6.86. The van der Waals surface area contributed by atoms with Crippen LogP contribution in [-0.4, -0.2) is 60.4 Å². The maximum Gasteiger partial charge on any atom is 0.435 e. The van der Waals surface area contributed by atoms with E-state index in [1.807, 2.05) is 20.1 Å². The van der Waals surface area contributed by atoms with Crippen LogP contribution in [0.4, 0.5) is 49.7 Å². The molecule has 2 aliphatic rings. The van der Waals surface area contributed by atoms with Gasteiger partial charge in [-0.3, -0.25) is 18.5 Å². The molecule has 2 aliphatic carbocycles. The first kappa shape index (κ1) is 45.4. The molecule has 1 fully saturated rings. The number of rotatable bonds is 12. The van der Waals surface area contributed by atoms with Crippen molar-refractivity contribution in [3.8, 4) is 23.0 Å². The number of pyridine rings is 1. The summed E-state index contributed by atoms with van der Waals surface area (Å²) < 4.78 is 148. The third-order valence-electron chi connectivity index (χ3n) is 10.6. The predicted molar refractivity (Wildman–Crippen MR) is 218 cm³/mol. The van der Waals surface area contributed by atoms with Crippen LogP contribution >= 0.6 is 35.3 Å². The summed E-state index contributed by atoms with van der Waals surface area (Å²) >= 11 is 9.31. The molecule has 1 saturated carbocycles. The lowest BCUT2D eigenvalue weighted by Gasteiger charge is -2.23. The number of amides is 1. The minimum atomic E-state index is -5.11. The number of nitrogens with zero attached hydrogens (tertiary/aromatic N) is 6. The van der Waals surface area contributed by atoms with Gasteiger partial charge >= 0.3 is 12.4 Å². The van der Waals surface area contributed by atoms with Gasteiger partial charge in [0.05, 0.1) is 32.4 Å². The first-order valence-corrected chi connectivity index (χ1v) is 21.7. The molecule has 7 rings (SSSR count). The molecule has 8 nitrogen and oxygen atoms in total. The number of hydrogen-bond acceptors (Lipinski definition) is 7. The summed E-state index contributed by atoms with van der Waals surface area (Å²) in [4.78, 5) is 18.8. The Balaban J connectivity index is 1.43. The van der Waals surface area contributed by atoms with Crippen molar-refractivity contribution in [1.29, 1.82) is 0 Å². The van der Waals surface area contributed by atoms with Gasteiger partial charge in [0, 0.05) is 41.5 Å². The Hall–Kier alpha value is -4.61. The highest BCUT2D eigenvalue weighted by atomic mass is 35.5. The summed E-state index contributed by atoms with van der Waals surface area (Å²) in [5, 5.41) is 10.6. The largest absolute Gasteiger partial charge is 0.435 e. The van der Waals surface area contributed by atoms with Crippen LogP contribution in [-0.2, 0) is 36.4 Å². The molecule has 0 aliphatic heterocycles. The van der Waals surface area contributed by atoms with Gasteiger partial charge in [-0.2, -0.15) is 45.3 Å². The van der Waals surface area contributed by atoms with E-state index in [4.69, 9.17) is 16.6 Å². The van der Waals surface area contributed by atoms with Gasteiger partial charge in [-0.15, -0.1) is 11.8 Å². The maximum absolute atomic E-state index is 15.5. The lowest BCUT2D eigenvalue weighted by Crippen LogP contribution is -2.35. The highest BCUT2D eigenvalue weighted by molar-refractivity contribution is 8.00. The topological polar surface area (TPSA) is 80.9 Å². The van der Waals surface area contributed by atoms with Gasteiger partial charge in [0.1, 0.15) is 36.1 Å². The Morgan fingerprint density at radius 3 is 2.31 bits per heavy atom. The molecule has 1 amide bonds. The molecule has 0 bridgehead atoms. The van der Waals surface area contributed by atoms with E-state index in [0.717, 1.165) is 16.8 Å². The van der Waals surface area contributed by atoms with E-state index in [1.54, 1.807) is 17.5 Å². The smallest absolute Gasteiger partial charge is 0.346 e. The average Bonchev–Trinajstić information content (AvgIpc) is 3.68. The third kappa shape index (κ3) is 8.94. The van der Waals surface area contributed by atoms with Gasteiger partial charge in [0.2, 0.25) is 5.91 Å². The van der Waals surface area contributed by atoms with Crippen LogP contribution in [0.3, 0.4) is 0 Å². The van der Waals surface area contributed by atoms with Crippen molar-refractivity contribution >= 4 is 57.9 Å². The number of halogens is 11. The van der Waals surface area contributed by atoms with Crippen molar-refractivity contribution in [3.63, 3.8) is 0 Å². The second-order valence-corrected chi connectivity index (χ2v) is 18.0. The van der Waals surface area contributed by atoms with Crippen LogP contribution in [0, 0.1) is 29.4 Å². The van der Waals surface area contributed by atoms with Crippen molar-refractivity contribution in [3.05, 3.63) is 93.0 Å². The highest BCUT2D eigenvalue weighted by Gasteiger charge is 2.68. The first-order chi connectivity index (χ1) is 29.0. The number of thioether (sulfide) groups is 1. The Morgan fingerprint density at radius 1 is 1.02 bits per heavy atom. The summed E-state index contributed by atoms with van der Waals surface area (Å²) in [6.45, 7) is 3.05. The second-order valence-electron chi connectivity index (χ2n) is 15.3. The fraction of sp³-hybridized carbons (Fsp3) is 0.415. The quantitative estimate of drug-likeness (QED) is 0.0758. The Morgan fingerprint density at radius 2 is 1.69 bits per heavy atom.